The standard InChI is InChI=1S/C30H37N3O5/c1-19(2)33(28(36)25(18-34)32-29(37)38-30(4,5)6)26(24-14-10-7-11-20(24)3)27(35)31-23-16-15-21-12-8-9-13-22(21)17-23/h7-17,19,25-26,34H,18H2,1-6H3,(H,31,35)(H,32,37). The summed E-state index contributed by atoms with van der Waals surface area (Å²) in [4.78, 5) is 41.5. The van der Waals surface area contributed by atoms with Crippen molar-refractivity contribution in [2.45, 2.75) is 65.3 Å². The molecule has 8 heteroatoms. The summed E-state index contributed by atoms with van der Waals surface area (Å²) in [7, 11) is 0. The topological polar surface area (TPSA) is 108 Å². The summed E-state index contributed by atoms with van der Waals surface area (Å²) in [6, 6.07) is 18.0. The van der Waals surface area contributed by atoms with Gasteiger partial charge in [-0.2, -0.15) is 0 Å². The maximum absolute atomic E-state index is 13.9. The van der Waals surface area contributed by atoms with Crippen LogP contribution in [0.25, 0.3) is 10.8 Å². The molecule has 3 aromatic rings. The van der Waals surface area contributed by atoms with E-state index in [4.69, 9.17) is 4.74 Å². The normalized spacial score (nSPS) is 13.1. The Morgan fingerprint density at radius 2 is 1.58 bits per heavy atom. The summed E-state index contributed by atoms with van der Waals surface area (Å²) in [5, 5.41) is 17.5. The molecule has 2 atom stereocenters. The number of fused-ring (bicyclic) bond motifs is 1. The van der Waals surface area contributed by atoms with Gasteiger partial charge in [-0.05, 0) is 75.6 Å². The Morgan fingerprint density at radius 1 is 0.947 bits per heavy atom. The van der Waals surface area contributed by atoms with Gasteiger partial charge in [0.25, 0.3) is 5.91 Å². The van der Waals surface area contributed by atoms with E-state index in [0.29, 0.717) is 11.3 Å². The fraction of sp³-hybridized carbons (Fsp3) is 0.367. The summed E-state index contributed by atoms with van der Waals surface area (Å²) >= 11 is 0. The first-order valence-corrected chi connectivity index (χ1v) is 12.7. The second-order valence-corrected chi connectivity index (χ2v) is 10.5. The van der Waals surface area contributed by atoms with E-state index < -0.39 is 48.2 Å². The van der Waals surface area contributed by atoms with Crippen LogP contribution in [0.4, 0.5) is 10.5 Å². The van der Waals surface area contributed by atoms with E-state index >= 15 is 0 Å². The summed E-state index contributed by atoms with van der Waals surface area (Å²) in [5.74, 6) is -1.01. The number of amides is 3. The summed E-state index contributed by atoms with van der Waals surface area (Å²) in [6.07, 6.45) is -0.832. The van der Waals surface area contributed by atoms with E-state index in [1.807, 2.05) is 67.6 Å². The minimum absolute atomic E-state index is 0.411. The molecule has 3 rings (SSSR count). The van der Waals surface area contributed by atoms with E-state index in [2.05, 4.69) is 10.6 Å². The summed E-state index contributed by atoms with van der Waals surface area (Å²) < 4.78 is 5.28. The predicted molar refractivity (Wildman–Crippen MR) is 149 cm³/mol. The molecular formula is C30H37N3O5. The van der Waals surface area contributed by atoms with Crippen LogP contribution in [0.15, 0.2) is 66.7 Å². The molecule has 3 amide bonds. The first-order chi connectivity index (χ1) is 17.9. The molecule has 0 aromatic heterocycles. The Balaban J connectivity index is 1.98. The van der Waals surface area contributed by atoms with Crippen LogP contribution in [0, 0.1) is 6.92 Å². The van der Waals surface area contributed by atoms with Gasteiger partial charge in [-0.1, -0.05) is 54.6 Å². The molecule has 0 saturated heterocycles. The van der Waals surface area contributed by atoms with Crippen molar-refractivity contribution in [3.63, 3.8) is 0 Å². The van der Waals surface area contributed by atoms with Gasteiger partial charge in [0.2, 0.25) is 5.91 Å². The van der Waals surface area contributed by atoms with Crippen LogP contribution in [0.2, 0.25) is 0 Å². The zero-order valence-electron chi connectivity index (χ0n) is 22.8. The molecule has 3 aromatic carbocycles. The first-order valence-electron chi connectivity index (χ1n) is 12.7. The van der Waals surface area contributed by atoms with Crippen molar-refractivity contribution in [1.82, 2.24) is 10.2 Å². The molecule has 3 N–H and O–H groups in total. The number of ether oxygens (including phenoxy) is 1. The number of aryl methyl sites for hydroxylation is 1. The Bertz CT molecular complexity index is 1300. The second-order valence-electron chi connectivity index (χ2n) is 10.5. The molecule has 0 aliphatic heterocycles. The van der Waals surface area contributed by atoms with Crippen LogP contribution in [0.1, 0.15) is 51.8 Å². The lowest BCUT2D eigenvalue weighted by Crippen LogP contribution is -2.55. The molecular weight excluding hydrogens is 482 g/mol. The summed E-state index contributed by atoms with van der Waals surface area (Å²) in [5.41, 5.74) is 1.27. The molecule has 0 radical (unpaired) electrons. The lowest BCUT2D eigenvalue weighted by Gasteiger charge is -2.37. The number of carbonyl (C=O) groups is 3. The maximum atomic E-state index is 13.9. The second kappa shape index (κ2) is 12.1. The fourth-order valence-corrected chi connectivity index (χ4v) is 4.28. The SMILES string of the molecule is Cc1ccccc1C(C(=O)Nc1ccc2ccccc2c1)N(C(=O)C(CO)NC(=O)OC(C)(C)C)C(C)C. The third kappa shape index (κ3) is 7.10. The van der Waals surface area contributed by atoms with Crippen LogP contribution in [0.5, 0.6) is 0 Å². The molecule has 0 bridgehead atoms. The van der Waals surface area contributed by atoms with Crippen molar-refractivity contribution in [2.75, 3.05) is 11.9 Å². The van der Waals surface area contributed by atoms with Gasteiger partial charge < -0.3 is 25.4 Å². The van der Waals surface area contributed by atoms with E-state index in [-0.39, 0.29) is 0 Å². The minimum Gasteiger partial charge on any atom is -0.444 e. The average Bonchev–Trinajstić information content (AvgIpc) is 2.84. The van der Waals surface area contributed by atoms with Crippen LogP contribution in [0.3, 0.4) is 0 Å². The van der Waals surface area contributed by atoms with Crippen LogP contribution < -0.4 is 10.6 Å². The zero-order chi connectivity index (χ0) is 28.0. The smallest absolute Gasteiger partial charge is 0.408 e. The van der Waals surface area contributed by atoms with Gasteiger partial charge in [0, 0.05) is 11.7 Å². The van der Waals surface area contributed by atoms with Crippen molar-refractivity contribution in [1.29, 1.82) is 0 Å². The number of aliphatic hydroxyl groups is 1. The van der Waals surface area contributed by atoms with Crippen molar-refractivity contribution >= 4 is 34.4 Å². The Morgan fingerprint density at radius 3 is 2.18 bits per heavy atom. The molecule has 0 aliphatic carbocycles. The molecule has 0 aliphatic rings. The number of rotatable bonds is 8. The van der Waals surface area contributed by atoms with Crippen LogP contribution in [-0.4, -0.2) is 52.2 Å². The Hall–Kier alpha value is -3.91. The zero-order valence-corrected chi connectivity index (χ0v) is 22.8. The molecule has 0 saturated carbocycles. The van der Waals surface area contributed by atoms with E-state index in [0.717, 1.165) is 16.3 Å². The number of hydrogen-bond donors (Lipinski definition) is 3. The highest BCUT2D eigenvalue weighted by atomic mass is 16.6. The third-order valence-corrected chi connectivity index (χ3v) is 6.01. The lowest BCUT2D eigenvalue weighted by molar-refractivity contribution is -0.143. The van der Waals surface area contributed by atoms with Gasteiger partial charge >= 0.3 is 6.09 Å². The van der Waals surface area contributed by atoms with Crippen LogP contribution >= 0.6 is 0 Å². The molecule has 202 valence electrons. The predicted octanol–water partition coefficient (Wildman–Crippen LogP) is 4.95. The Labute approximate surface area is 224 Å². The lowest BCUT2D eigenvalue weighted by atomic mass is 9.97. The molecule has 0 fully saturated rings. The number of carbonyl (C=O) groups excluding carboxylic acids is 3. The highest BCUT2D eigenvalue weighted by Crippen LogP contribution is 2.29. The monoisotopic (exact) mass is 519 g/mol. The van der Waals surface area contributed by atoms with E-state index in [9.17, 15) is 19.5 Å². The quantitative estimate of drug-likeness (QED) is 0.390. The van der Waals surface area contributed by atoms with Crippen molar-refractivity contribution < 1.29 is 24.2 Å². The molecule has 0 heterocycles. The Kier molecular flexibility index (Phi) is 9.12. The molecule has 0 spiro atoms. The van der Waals surface area contributed by atoms with Crippen molar-refractivity contribution in [3.05, 3.63) is 77.9 Å². The van der Waals surface area contributed by atoms with E-state index in [1.54, 1.807) is 40.7 Å². The number of alkyl carbamates (subject to hydrolysis) is 1. The molecule has 2 unspecified atom stereocenters. The van der Waals surface area contributed by atoms with Gasteiger partial charge in [0.1, 0.15) is 17.7 Å². The average molecular weight is 520 g/mol. The van der Waals surface area contributed by atoms with Crippen molar-refractivity contribution in [2.24, 2.45) is 0 Å². The number of anilines is 1. The summed E-state index contributed by atoms with van der Waals surface area (Å²) in [6.45, 7) is 9.89. The third-order valence-electron chi connectivity index (χ3n) is 6.01. The van der Waals surface area contributed by atoms with Gasteiger partial charge in [-0.25, -0.2) is 4.79 Å². The minimum atomic E-state index is -1.30. The highest BCUT2D eigenvalue weighted by Gasteiger charge is 2.38. The highest BCUT2D eigenvalue weighted by molar-refractivity contribution is 6.00. The van der Waals surface area contributed by atoms with Crippen LogP contribution in [-0.2, 0) is 14.3 Å². The fourth-order valence-electron chi connectivity index (χ4n) is 4.28. The number of aliphatic hydroxyl groups excluding tert-OH is 1. The largest absolute Gasteiger partial charge is 0.444 e. The molecule has 38 heavy (non-hydrogen) atoms. The number of nitrogens with one attached hydrogen (secondary N) is 2. The van der Waals surface area contributed by atoms with Crippen molar-refractivity contribution in [3.8, 4) is 0 Å². The number of nitrogens with zero attached hydrogens (tertiary/aromatic N) is 1. The number of hydrogen-bond acceptors (Lipinski definition) is 5. The number of benzene rings is 3. The molecule has 8 nitrogen and oxygen atoms in total. The van der Waals surface area contributed by atoms with Gasteiger partial charge in [0.15, 0.2) is 0 Å². The maximum Gasteiger partial charge on any atom is 0.408 e. The van der Waals surface area contributed by atoms with Gasteiger partial charge in [-0.3, -0.25) is 9.59 Å². The van der Waals surface area contributed by atoms with Gasteiger partial charge in [-0.15, -0.1) is 0 Å². The first kappa shape index (κ1) is 28.7. The van der Waals surface area contributed by atoms with E-state index in [1.165, 1.54) is 4.90 Å². The van der Waals surface area contributed by atoms with Gasteiger partial charge in [0.05, 0.1) is 6.61 Å².